The third-order valence-corrected chi connectivity index (χ3v) is 36.2. The smallest absolute Gasteiger partial charge is 0.349 e. The van der Waals surface area contributed by atoms with Crippen LogP contribution >= 0.6 is 81.2 Å². The molecule has 0 spiro atoms. The van der Waals surface area contributed by atoms with Crippen molar-refractivity contribution in [2.24, 2.45) is 127 Å². The number of Topliss-reactive ketones (excluding diaryl/α,β-unsaturated/α-hetero) is 1. The van der Waals surface area contributed by atoms with Crippen molar-refractivity contribution in [1.82, 2.24) is 0 Å². The molecule has 0 heterocycles. The van der Waals surface area contributed by atoms with Crippen LogP contribution in [-0.4, -0.2) is 132 Å². The number of hydrogen-bond acceptors (Lipinski definition) is 19. The zero-order valence-corrected chi connectivity index (χ0v) is 78.8. The molecule has 19 atom stereocenters. The van der Waals surface area contributed by atoms with Gasteiger partial charge in [0.1, 0.15) is 69.5 Å². The van der Waals surface area contributed by atoms with Gasteiger partial charge in [0.15, 0.2) is 0 Å². The molecular formula is C99H131Cl7O19. The minimum absolute atomic E-state index is 0.000974. The van der Waals surface area contributed by atoms with Gasteiger partial charge in [-0.3, -0.25) is 4.79 Å². The van der Waals surface area contributed by atoms with Gasteiger partial charge >= 0.3 is 41.8 Å². The van der Waals surface area contributed by atoms with Gasteiger partial charge < -0.3 is 53.6 Å². The Labute approximate surface area is 772 Å². The summed E-state index contributed by atoms with van der Waals surface area (Å²) >= 11 is 39.1. The lowest BCUT2D eigenvalue weighted by Gasteiger charge is -2.65. The Hall–Kier alpha value is -3.99. The zero-order valence-electron chi connectivity index (χ0n) is 73.5. The van der Waals surface area contributed by atoms with Crippen LogP contribution in [0.5, 0.6) is 0 Å². The van der Waals surface area contributed by atoms with E-state index >= 15 is 0 Å². The van der Waals surface area contributed by atoms with E-state index < -0.39 is 81.0 Å². The number of ether oxygens (including phenoxy) is 7. The minimum Gasteiger partial charge on any atom is -0.461 e. The fraction of sp³-hybridized carbons (Fsp3) is 0.778. The van der Waals surface area contributed by atoms with E-state index in [-0.39, 0.29) is 75.5 Å². The van der Waals surface area contributed by atoms with Crippen LogP contribution in [0.1, 0.15) is 285 Å². The molecule has 0 saturated heterocycles. The Morgan fingerprint density at radius 2 is 0.664 bits per heavy atom. The van der Waals surface area contributed by atoms with E-state index in [0.717, 1.165) is 138 Å². The number of carbonyl (C=O) groups excluding carboxylic acids is 8. The van der Waals surface area contributed by atoms with E-state index in [0.29, 0.717) is 140 Å². The molecule has 4 N–H and O–H groups in total. The number of hydrogen-bond donors (Lipinski definition) is 4. The first-order valence-corrected chi connectivity index (χ1v) is 49.1. The number of rotatable bonds is 16. The fourth-order valence-corrected chi connectivity index (χ4v) is 36.0. The standard InChI is InChI=1S/C16H23ClO2.C15H19ClO2.C15H21ClO2.C14H19ClO3.C13H17ClO4.C13H17ClO3.C13H15ClO3/c1-11(17)13(18)19-10-16-6-12-4-14(2,8-16)7-15(3,5-12)9-16;1-7(16)15(17)18-12-6-10-5-11(12)14-9-3-2-8(4-9)13(10)14;1-10(16)12(17)18-15-6-11-4-13(2,8-15)7-14(3,5-11)9-15;1-9(15)12(16)18-8-13-3-10-2-11(4-13)6-14(17,5-10)7-13;1-8(14)10(15)18-13-4-9-2-11(16,6-13)5-12(17,3-9)7-13;1-8(14)11(15)17-13-5-9-2-10(6-13)4-12(16,3-9)7-13;1-7(14)12(16)17-13-4-8-2-9(5-13)11(15)10(3-8)6-13/h12H,1,4-10H2,2-3H3;8-14H,1-6H2;11H,1,4-9H2,2-3H3;10-11,17H,1-8H2;9,16-17H,1-7H2;9-10,16H,1-7H2;8-10H,1-6H2. The van der Waals surface area contributed by atoms with Crippen molar-refractivity contribution in [1.29, 1.82) is 0 Å². The Morgan fingerprint density at radius 1 is 0.312 bits per heavy atom. The minimum atomic E-state index is -0.901. The van der Waals surface area contributed by atoms with Crippen molar-refractivity contribution in [3.8, 4) is 0 Å². The van der Waals surface area contributed by atoms with Gasteiger partial charge in [0.2, 0.25) is 0 Å². The van der Waals surface area contributed by atoms with Crippen LogP contribution in [0.3, 0.4) is 0 Å². The highest BCUT2D eigenvalue weighted by molar-refractivity contribution is 6.43. The summed E-state index contributed by atoms with van der Waals surface area (Å²) in [6.45, 7) is 34.4. The van der Waals surface area contributed by atoms with Crippen LogP contribution in [0, 0.1) is 127 Å². The maximum atomic E-state index is 12.0. The molecule has 125 heavy (non-hydrogen) atoms. The Balaban J connectivity index is 0.000000108. The number of ketones is 1. The predicted molar refractivity (Wildman–Crippen MR) is 475 cm³/mol. The Kier molecular flexibility index (Phi) is 25.3. The van der Waals surface area contributed by atoms with Gasteiger partial charge in [-0.2, -0.15) is 0 Å². The molecular weight excluding hydrogens is 1740 g/mol. The third-order valence-electron chi connectivity index (χ3n) is 35.1. The maximum absolute atomic E-state index is 12.0. The van der Waals surface area contributed by atoms with Gasteiger partial charge in [-0.1, -0.05) is 155 Å². The monoisotopic (exact) mass is 1870 g/mol. The van der Waals surface area contributed by atoms with Gasteiger partial charge in [-0.15, -0.1) is 0 Å². The van der Waals surface area contributed by atoms with Crippen LogP contribution in [0.25, 0.3) is 0 Å². The molecule has 0 amide bonds. The second kappa shape index (κ2) is 33.6. The normalized spacial score (nSPS) is 47.4. The summed E-state index contributed by atoms with van der Waals surface area (Å²) in [5.74, 6) is 6.76. The quantitative estimate of drug-likeness (QED) is 0.0483. The van der Waals surface area contributed by atoms with Crippen LogP contribution in [-0.2, 0) is 71.5 Å². The number of aliphatic hydroxyl groups is 4. The molecule has 28 bridgehead atoms. The van der Waals surface area contributed by atoms with Gasteiger partial charge in [-0.05, 0) is 336 Å². The van der Waals surface area contributed by atoms with E-state index in [1.165, 1.54) is 96.3 Å². The van der Waals surface area contributed by atoms with E-state index in [1.54, 1.807) is 0 Å². The molecule has 28 aliphatic rings. The Bertz CT molecular complexity index is 4290. The summed E-state index contributed by atoms with van der Waals surface area (Å²) < 4.78 is 38.5. The summed E-state index contributed by atoms with van der Waals surface area (Å²) in [6, 6.07) is 0. The lowest BCUT2D eigenvalue weighted by atomic mass is 9.40. The maximum Gasteiger partial charge on any atom is 0.349 e. The summed E-state index contributed by atoms with van der Waals surface area (Å²) in [7, 11) is 0. The summed E-state index contributed by atoms with van der Waals surface area (Å²) in [5.41, 5.74) is -3.06. The predicted octanol–water partition coefficient (Wildman–Crippen LogP) is 20.6. The number of fused-ring (bicyclic) bond motifs is 9. The second-order valence-electron chi connectivity index (χ2n) is 47.4. The summed E-state index contributed by atoms with van der Waals surface area (Å²) in [5, 5.41) is 41.6. The Morgan fingerprint density at radius 3 is 1.09 bits per heavy atom. The van der Waals surface area contributed by atoms with Crippen LogP contribution < -0.4 is 0 Å². The number of esters is 7. The lowest BCUT2D eigenvalue weighted by molar-refractivity contribution is -0.259. The third kappa shape index (κ3) is 19.7. The molecule has 28 rings (SSSR count). The highest BCUT2D eigenvalue weighted by Crippen LogP contribution is 2.73. The lowest BCUT2D eigenvalue weighted by Crippen LogP contribution is -2.66. The van der Waals surface area contributed by atoms with Gasteiger partial charge in [0, 0.05) is 48.3 Å². The molecule has 19 nitrogen and oxygen atoms in total. The average molecular weight is 1870 g/mol. The van der Waals surface area contributed by atoms with Gasteiger partial charge in [0.25, 0.3) is 0 Å². The summed E-state index contributed by atoms with van der Waals surface area (Å²) in [4.78, 5) is 93.0. The van der Waals surface area contributed by atoms with E-state index in [2.05, 4.69) is 73.7 Å². The summed E-state index contributed by atoms with van der Waals surface area (Å²) in [6.07, 6.45) is 40.1. The molecule has 0 aromatic rings. The van der Waals surface area contributed by atoms with Gasteiger partial charge in [0.05, 0.1) is 35.6 Å². The van der Waals surface area contributed by atoms with Crippen molar-refractivity contribution < 1.29 is 91.9 Å². The SMILES string of the molecule is C=C(Cl)C(=O)OC12CC3CC(C)(CC(C)(C3)C1)C2.C=C(Cl)C(=O)OC12CC3CC(C1)C(=O)C(C3)C2.C=C(Cl)C(=O)OC12CC3CC(CC(O)(C3)C1)C2.C=C(Cl)C(=O)OC12CC3CC(O)(CC(O)(C3)C1)C2.C=C(Cl)C(=O)OC1CC2CC1C1C3CCC(C3)C21.C=C(Cl)C(=O)OCC12CC3CC(C)(CC(C)(C3)C1)C2.C=C(Cl)C(=O)OCC12CC3CC(CC(O)(C3)C1)C2. The van der Waals surface area contributed by atoms with Crippen molar-refractivity contribution >= 4 is 129 Å². The fourth-order valence-electron chi connectivity index (χ4n) is 35.7. The first-order valence-electron chi connectivity index (χ1n) is 46.5. The van der Waals surface area contributed by atoms with Crippen LogP contribution in [0.4, 0.5) is 0 Å². The van der Waals surface area contributed by atoms with Crippen molar-refractivity contribution in [3.63, 3.8) is 0 Å². The largest absolute Gasteiger partial charge is 0.461 e. The molecule has 0 aromatic carbocycles. The molecule has 28 aliphatic carbocycles. The first-order chi connectivity index (χ1) is 58.1. The first kappa shape index (κ1) is 94.2. The molecule has 19 unspecified atom stereocenters. The van der Waals surface area contributed by atoms with Crippen molar-refractivity contribution in [3.05, 3.63) is 81.3 Å². The van der Waals surface area contributed by atoms with Gasteiger partial charge in [-0.25, -0.2) is 33.6 Å². The molecule has 26 heteroatoms. The zero-order chi connectivity index (χ0) is 90.1. The molecule has 690 valence electrons. The van der Waals surface area contributed by atoms with E-state index in [9.17, 15) is 58.8 Å². The van der Waals surface area contributed by atoms with E-state index in [4.69, 9.17) is 114 Å². The van der Waals surface area contributed by atoms with Crippen LogP contribution in [0.2, 0.25) is 0 Å². The number of carbonyl (C=O) groups is 8. The molecule has 0 radical (unpaired) electrons. The number of halogens is 7. The van der Waals surface area contributed by atoms with Crippen molar-refractivity contribution in [2.45, 2.75) is 335 Å². The molecule has 0 aromatic heterocycles. The highest BCUT2D eigenvalue weighted by Gasteiger charge is 2.69. The molecule has 0 aliphatic heterocycles. The second-order valence-corrected chi connectivity index (χ2v) is 50.6. The van der Waals surface area contributed by atoms with Crippen LogP contribution in [0.15, 0.2) is 81.3 Å². The topological polar surface area (TPSA) is 282 Å². The highest BCUT2D eigenvalue weighted by atomic mass is 35.5. The van der Waals surface area contributed by atoms with Crippen molar-refractivity contribution in [2.75, 3.05) is 13.2 Å². The molecule has 28 fully saturated rings. The van der Waals surface area contributed by atoms with E-state index in [1.807, 2.05) is 0 Å². The molecule has 28 saturated carbocycles. The average Bonchev–Trinajstić information content (AvgIpc) is 1.47.